The maximum Gasteiger partial charge on any atom is 0.308 e. The first-order chi connectivity index (χ1) is 10.1. The molecule has 1 saturated heterocycles. The first-order valence-electron chi connectivity index (χ1n) is 8.44. The highest BCUT2D eigenvalue weighted by Crippen LogP contribution is 2.33. The minimum absolute atomic E-state index is 0.0162. The molecule has 5 atom stereocenters. The van der Waals surface area contributed by atoms with E-state index in [0.717, 1.165) is 25.7 Å². The number of amides is 1. The minimum Gasteiger partial charge on any atom is -0.481 e. The summed E-state index contributed by atoms with van der Waals surface area (Å²) < 4.78 is 0. The molecule has 5 unspecified atom stereocenters. The van der Waals surface area contributed by atoms with Crippen molar-refractivity contribution in [2.45, 2.75) is 75.9 Å². The van der Waals surface area contributed by atoms with Crippen LogP contribution < -0.4 is 10.6 Å². The van der Waals surface area contributed by atoms with Crippen molar-refractivity contribution < 1.29 is 14.7 Å². The predicted octanol–water partition coefficient (Wildman–Crippen LogP) is 1.67. The Morgan fingerprint density at radius 1 is 1.00 bits per heavy atom. The fraction of sp³-hybridized carbons (Fsp3) is 0.875. The van der Waals surface area contributed by atoms with Crippen molar-refractivity contribution in [3.05, 3.63) is 0 Å². The Morgan fingerprint density at radius 2 is 1.71 bits per heavy atom. The average molecular weight is 294 g/mol. The van der Waals surface area contributed by atoms with E-state index in [9.17, 15) is 14.7 Å². The molecule has 0 bridgehead atoms. The summed E-state index contributed by atoms with van der Waals surface area (Å²) in [5, 5.41) is 15.8. The monoisotopic (exact) mass is 294 g/mol. The van der Waals surface area contributed by atoms with E-state index in [1.54, 1.807) is 0 Å². The molecule has 1 amide bonds. The van der Waals surface area contributed by atoms with E-state index >= 15 is 0 Å². The van der Waals surface area contributed by atoms with E-state index in [1.807, 2.05) is 0 Å². The molecule has 1 aliphatic heterocycles. The first kappa shape index (κ1) is 14.8. The molecule has 1 heterocycles. The maximum atomic E-state index is 12.5. The van der Waals surface area contributed by atoms with Crippen LogP contribution in [0.4, 0.5) is 0 Å². The lowest BCUT2D eigenvalue weighted by molar-refractivity contribution is -0.144. The van der Waals surface area contributed by atoms with Crippen LogP contribution in [0.5, 0.6) is 0 Å². The number of carbonyl (C=O) groups is 2. The molecule has 3 fully saturated rings. The number of rotatable bonds is 3. The molecule has 118 valence electrons. The van der Waals surface area contributed by atoms with Gasteiger partial charge in [0.1, 0.15) is 0 Å². The summed E-state index contributed by atoms with van der Waals surface area (Å²) >= 11 is 0. The first-order valence-corrected chi connectivity index (χ1v) is 8.44. The van der Waals surface area contributed by atoms with Crippen molar-refractivity contribution in [2.24, 2.45) is 11.8 Å². The Labute approximate surface area is 125 Å². The van der Waals surface area contributed by atoms with Gasteiger partial charge in [0.05, 0.1) is 12.0 Å². The van der Waals surface area contributed by atoms with E-state index in [0.29, 0.717) is 18.4 Å². The van der Waals surface area contributed by atoms with E-state index in [1.165, 1.54) is 25.7 Å². The van der Waals surface area contributed by atoms with Crippen molar-refractivity contribution in [3.63, 3.8) is 0 Å². The van der Waals surface area contributed by atoms with Gasteiger partial charge in [-0.2, -0.15) is 0 Å². The average Bonchev–Trinajstić information content (AvgIpc) is 2.91. The highest BCUT2D eigenvalue weighted by Gasteiger charge is 2.40. The molecule has 3 N–H and O–H groups in total. The van der Waals surface area contributed by atoms with Crippen LogP contribution in [0.2, 0.25) is 0 Å². The summed E-state index contributed by atoms with van der Waals surface area (Å²) in [5.74, 6) is -0.530. The second kappa shape index (κ2) is 6.34. The van der Waals surface area contributed by atoms with Crippen LogP contribution in [-0.2, 0) is 9.59 Å². The van der Waals surface area contributed by atoms with Crippen LogP contribution in [0.3, 0.4) is 0 Å². The summed E-state index contributed by atoms with van der Waals surface area (Å²) in [5.41, 5.74) is 0. The number of carbonyl (C=O) groups excluding carboxylic acids is 1. The summed E-state index contributed by atoms with van der Waals surface area (Å²) in [6.07, 6.45) is 9.30. The molecule has 3 rings (SSSR count). The van der Waals surface area contributed by atoms with Gasteiger partial charge >= 0.3 is 5.97 Å². The third kappa shape index (κ3) is 3.23. The van der Waals surface area contributed by atoms with Crippen molar-refractivity contribution >= 4 is 11.9 Å². The Kier molecular flexibility index (Phi) is 4.48. The fourth-order valence-electron chi connectivity index (χ4n) is 4.40. The van der Waals surface area contributed by atoms with Gasteiger partial charge < -0.3 is 15.7 Å². The van der Waals surface area contributed by atoms with Crippen molar-refractivity contribution in [1.29, 1.82) is 0 Å². The van der Waals surface area contributed by atoms with Crippen LogP contribution in [0.15, 0.2) is 0 Å². The molecule has 5 nitrogen and oxygen atoms in total. The predicted molar refractivity (Wildman–Crippen MR) is 78.8 cm³/mol. The highest BCUT2D eigenvalue weighted by atomic mass is 16.4. The zero-order valence-corrected chi connectivity index (χ0v) is 12.5. The van der Waals surface area contributed by atoms with E-state index in [-0.39, 0.29) is 18.0 Å². The second-order valence-electron chi connectivity index (χ2n) is 6.95. The number of nitrogens with one attached hydrogen (secondary N) is 2. The van der Waals surface area contributed by atoms with Crippen LogP contribution in [0.1, 0.15) is 57.8 Å². The third-order valence-corrected chi connectivity index (χ3v) is 5.59. The summed E-state index contributed by atoms with van der Waals surface area (Å²) in [7, 11) is 0. The van der Waals surface area contributed by atoms with Crippen molar-refractivity contribution in [3.8, 4) is 0 Å². The summed E-state index contributed by atoms with van der Waals surface area (Å²) in [6.45, 7) is 0. The molecule has 2 aliphatic carbocycles. The Bertz CT molecular complexity index is 398. The number of hydrogen-bond acceptors (Lipinski definition) is 3. The van der Waals surface area contributed by atoms with Crippen LogP contribution in [0.25, 0.3) is 0 Å². The lowest BCUT2D eigenvalue weighted by Crippen LogP contribution is -2.51. The van der Waals surface area contributed by atoms with Gasteiger partial charge in [0, 0.05) is 12.1 Å². The van der Waals surface area contributed by atoms with Gasteiger partial charge in [0.15, 0.2) is 0 Å². The maximum absolute atomic E-state index is 12.5. The standard InChI is InChI=1S/C16H26N2O3/c19-15(14-9-10-5-1-3-7-12(10)17-14)18-13-8-4-2-6-11(13)16(20)21/h10-14,17H,1-9H2,(H,18,19)(H,20,21). The molecule has 0 aromatic rings. The normalized spacial score (nSPS) is 39.5. The van der Waals surface area contributed by atoms with Gasteiger partial charge in [-0.3, -0.25) is 9.59 Å². The molecular weight excluding hydrogens is 268 g/mol. The highest BCUT2D eigenvalue weighted by molar-refractivity contribution is 5.83. The van der Waals surface area contributed by atoms with Gasteiger partial charge in [-0.15, -0.1) is 0 Å². The smallest absolute Gasteiger partial charge is 0.308 e. The minimum atomic E-state index is -0.770. The molecule has 2 saturated carbocycles. The molecular formula is C16H26N2O3. The molecule has 5 heteroatoms. The van der Waals surface area contributed by atoms with Crippen LogP contribution >= 0.6 is 0 Å². The van der Waals surface area contributed by atoms with Gasteiger partial charge in [-0.05, 0) is 38.0 Å². The summed E-state index contributed by atoms with van der Waals surface area (Å²) in [6, 6.07) is 0.193. The molecule has 0 aromatic heterocycles. The Balaban J connectivity index is 1.57. The second-order valence-corrected chi connectivity index (χ2v) is 6.95. The molecule has 0 aromatic carbocycles. The van der Waals surface area contributed by atoms with Gasteiger partial charge in [0.25, 0.3) is 0 Å². The lowest BCUT2D eigenvalue weighted by atomic mass is 9.84. The fourth-order valence-corrected chi connectivity index (χ4v) is 4.40. The number of carboxylic acids is 1. The van der Waals surface area contributed by atoms with Gasteiger partial charge in [-0.25, -0.2) is 0 Å². The van der Waals surface area contributed by atoms with Crippen molar-refractivity contribution in [2.75, 3.05) is 0 Å². The zero-order chi connectivity index (χ0) is 14.8. The molecule has 0 radical (unpaired) electrons. The van der Waals surface area contributed by atoms with Gasteiger partial charge in [0.2, 0.25) is 5.91 Å². The largest absolute Gasteiger partial charge is 0.481 e. The quantitative estimate of drug-likeness (QED) is 0.740. The van der Waals surface area contributed by atoms with E-state index in [4.69, 9.17) is 0 Å². The van der Waals surface area contributed by atoms with E-state index in [2.05, 4.69) is 10.6 Å². The number of fused-ring (bicyclic) bond motifs is 1. The third-order valence-electron chi connectivity index (χ3n) is 5.59. The molecule has 0 spiro atoms. The van der Waals surface area contributed by atoms with Crippen molar-refractivity contribution in [1.82, 2.24) is 10.6 Å². The summed E-state index contributed by atoms with van der Waals surface area (Å²) in [4.78, 5) is 23.8. The number of hydrogen-bond donors (Lipinski definition) is 3. The Morgan fingerprint density at radius 3 is 2.48 bits per heavy atom. The topological polar surface area (TPSA) is 78.4 Å². The number of aliphatic carboxylic acids is 1. The lowest BCUT2D eigenvalue weighted by Gasteiger charge is -2.30. The number of carboxylic acid groups (broad SMARTS) is 1. The molecule has 21 heavy (non-hydrogen) atoms. The van der Waals surface area contributed by atoms with Crippen LogP contribution in [0, 0.1) is 11.8 Å². The zero-order valence-electron chi connectivity index (χ0n) is 12.5. The van der Waals surface area contributed by atoms with E-state index < -0.39 is 11.9 Å². The van der Waals surface area contributed by atoms with Crippen LogP contribution in [-0.4, -0.2) is 35.1 Å². The SMILES string of the molecule is O=C(NC1CCCCC1C(=O)O)C1CC2CCCCC2N1. The van der Waals surface area contributed by atoms with Gasteiger partial charge in [-0.1, -0.05) is 25.7 Å². The molecule has 3 aliphatic rings. The Hall–Kier alpha value is -1.10.